The minimum absolute atomic E-state index is 0.00258. The maximum absolute atomic E-state index is 15.0. The number of nitrogens with two attached hydrogens (primary N) is 1. The summed E-state index contributed by atoms with van der Waals surface area (Å²) in [4.78, 5) is 73.0. The molecule has 13 nitrogen and oxygen atoms in total. The van der Waals surface area contributed by atoms with Gasteiger partial charge in [0.15, 0.2) is 0 Å². The molecule has 0 fully saturated rings. The molecule has 2 atom stereocenters. The van der Waals surface area contributed by atoms with Crippen LogP contribution in [0, 0.1) is 17.0 Å². The summed E-state index contributed by atoms with van der Waals surface area (Å²) in [6.07, 6.45) is -0.344. The van der Waals surface area contributed by atoms with Crippen LogP contribution >= 0.6 is 0 Å². The summed E-state index contributed by atoms with van der Waals surface area (Å²) in [5.41, 5.74) is 7.89. The Morgan fingerprint density at radius 1 is 0.915 bits per heavy atom. The predicted molar refractivity (Wildman–Crippen MR) is 205 cm³/mol. The highest BCUT2D eigenvalue weighted by Gasteiger charge is 2.39. The van der Waals surface area contributed by atoms with E-state index in [4.69, 9.17) is 15.6 Å². The number of carboxylic acid groups (broad SMARTS) is 1. The van der Waals surface area contributed by atoms with Crippen LogP contribution in [0.25, 0.3) is 11.1 Å². The lowest BCUT2D eigenvalue weighted by atomic mass is 9.82. The van der Waals surface area contributed by atoms with Crippen molar-refractivity contribution in [2.75, 3.05) is 26.2 Å². The molecule has 2 heterocycles. The van der Waals surface area contributed by atoms with E-state index < -0.39 is 65.6 Å². The maximum Gasteiger partial charge on any atom is 0.490 e. The Bertz CT molecular complexity index is 1980. The topological polar surface area (TPSA) is 192 Å². The summed E-state index contributed by atoms with van der Waals surface area (Å²) in [7, 11) is 0. The van der Waals surface area contributed by atoms with Gasteiger partial charge in [0.2, 0.25) is 11.8 Å². The van der Waals surface area contributed by atoms with Crippen LogP contribution in [-0.2, 0) is 35.3 Å². The number of ketones is 1. The molecule has 2 aromatic carbocycles. The Labute approximate surface area is 337 Å². The summed E-state index contributed by atoms with van der Waals surface area (Å²) in [6, 6.07) is 13.4. The van der Waals surface area contributed by atoms with Crippen molar-refractivity contribution in [1.82, 2.24) is 19.7 Å². The van der Waals surface area contributed by atoms with Gasteiger partial charge < -0.3 is 30.7 Å². The van der Waals surface area contributed by atoms with Crippen molar-refractivity contribution in [1.29, 1.82) is 0 Å². The van der Waals surface area contributed by atoms with Crippen LogP contribution in [0.15, 0.2) is 72.9 Å². The second kappa shape index (κ2) is 21.3. The molecule has 0 spiro atoms. The predicted octanol–water partition coefficient (Wildman–Crippen LogP) is 4.91. The first-order chi connectivity index (χ1) is 27.6. The third kappa shape index (κ3) is 14.5. The highest BCUT2D eigenvalue weighted by Crippen LogP contribution is 2.41. The van der Waals surface area contributed by atoms with E-state index in [-0.39, 0.29) is 62.6 Å². The Morgan fingerprint density at radius 2 is 1.54 bits per heavy atom. The van der Waals surface area contributed by atoms with Crippen molar-refractivity contribution in [2.24, 2.45) is 11.1 Å². The first kappa shape index (κ1) is 47.6. The lowest BCUT2D eigenvalue weighted by molar-refractivity contribution is -0.192. The molecule has 4 amide bonds. The van der Waals surface area contributed by atoms with Gasteiger partial charge in [0.1, 0.15) is 24.0 Å². The highest BCUT2D eigenvalue weighted by molar-refractivity contribution is 6.12. The van der Waals surface area contributed by atoms with Gasteiger partial charge in [0.25, 0.3) is 11.8 Å². The number of aliphatic hydroxyl groups excluding tert-OH is 1. The molecule has 1 aliphatic rings. The largest absolute Gasteiger partial charge is 0.490 e. The molecular weight excluding hydrogens is 785 g/mol. The molecule has 5 N–H and O–H groups in total. The quantitative estimate of drug-likeness (QED) is 0.102. The van der Waals surface area contributed by atoms with Crippen molar-refractivity contribution in [2.45, 2.75) is 77.7 Å². The van der Waals surface area contributed by atoms with Crippen LogP contribution in [0.4, 0.5) is 22.0 Å². The number of carbonyl (C=O) groups excluding carboxylic acids is 5. The number of aliphatic carboxylic acids is 1. The average molecular weight is 834 g/mol. The number of carboxylic acids is 1. The van der Waals surface area contributed by atoms with Crippen LogP contribution in [0.1, 0.15) is 70.2 Å². The lowest BCUT2D eigenvalue weighted by Crippen LogP contribution is -2.46. The van der Waals surface area contributed by atoms with E-state index in [1.54, 1.807) is 17.2 Å². The van der Waals surface area contributed by atoms with Crippen molar-refractivity contribution < 1.29 is 60.9 Å². The molecule has 59 heavy (non-hydrogen) atoms. The number of nitrogens with one attached hydrogen (secondary N) is 1. The smallest absolute Gasteiger partial charge is 0.475 e. The zero-order valence-corrected chi connectivity index (χ0v) is 32.8. The van der Waals surface area contributed by atoms with E-state index >= 15 is 0 Å². The monoisotopic (exact) mass is 833 g/mol. The number of hydrogen-bond acceptors (Lipinski definition) is 8. The molecule has 0 saturated heterocycles. The number of rotatable bonds is 18. The number of halogens is 5. The van der Waals surface area contributed by atoms with E-state index in [2.05, 4.69) is 5.32 Å². The maximum atomic E-state index is 15.0. The normalized spacial score (nSPS) is 13.8. The summed E-state index contributed by atoms with van der Waals surface area (Å²) in [5.74, 6) is -5.84. The standard InChI is InChI=1S/C39H47F2N5O6.C2HF3O2/c1-39(2,3)38(33-20-27(31-21-28(40)11-13-32(31)41)24-44(33)23-26-8-5-4-6-9-26)46(37(52)25-47)19-17-29(42)22-43-34(49)14-12-30(48)10-7-18-45-35(50)15-16-36(45)51;3-2(4,5)1(6)7/h4-6,8-9,11,13,15-16,20-21,24,29,38,47H,7,10,12,14,17-19,22-23,25,42H2,1-3H3,(H,43,49);(H,6,7)/t29-,38-;/m0./s1. The molecule has 1 aliphatic heterocycles. The van der Waals surface area contributed by atoms with Gasteiger partial charge in [0, 0.05) is 86.7 Å². The number of Topliss-reactive ketones (excluding diaryl/α,β-unsaturated/α-hetero) is 1. The summed E-state index contributed by atoms with van der Waals surface area (Å²) < 4.78 is 62.9. The Morgan fingerprint density at radius 3 is 2.12 bits per heavy atom. The number of hydrogen-bond donors (Lipinski definition) is 4. The molecule has 0 unspecified atom stereocenters. The van der Waals surface area contributed by atoms with E-state index in [0.29, 0.717) is 24.2 Å². The van der Waals surface area contributed by atoms with Gasteiger partial charge in [-0.15, -0.1) is 0 Å². The third-order valence-electron chi connectivity index (χ3n) is 9.15. The number of aliphatic hydroxyl groups is 1. The molecule has 0 saturated carbocycles. The minimum Gasteiger partial charge on any atom is -0.475 e. The first-order valence-corrected chi connectivity index (χ1v) is 18.6. The van der Waals surface area contributed by atoms with Crippen molar-refractivity contribution >= 4 is 35.4 Å². The van der Waals surface area contributed by atoms with Crippen molar-refractivity contribution in [3.05, 3.63) is 95.8 Å². The fourth-order valence-corrected chi connectivity index (χ4v) is 6.30. The Balaban J connectivity index is 0.00000122. The van der Waals surface area contributed by atoms with E-state index in [0.717, 1.165) is 28.7 Å². The second-order valence-electron chi connectivity index (χ2n) is 14.9. The molecule has 0 aliphatic carbocycles. The van der Waals surface area contributed by atoms with E-state index in [9.17, 15) is 51.0 Å². The second-order valence-corrected chi connectivity index (χ2v) is 14.9. The number of alkyl halides is 3. The zero-order chi connectivity index (χ0) is 44.1. The van der Waals surface area contributed by atoms with Crippen LogP contribution in [0.3, 0.4) is 0 Å². The van der Waals surface area contributed by atoms with Gasteiger partial charge in [-0.25, -0.2) is 13.6 Å². The van der Waals surface area contributed by atoms with Crippen LogP contribution in [0.2, 0.25) is 0 Å². The number of amides is 4. The summed E-state index contributed by atoms with van der Waals surface area (Å²) in [5, 5.41) is 19.9. The number of benzene rings is 2. The minimum atomic E-state index is -5.08. The van der Waals surface area contributed by atoms with Crippen LogP contribution in [0.5, 0.6) is 0 Å². The van der Waals surface area contributed by atoms with Gasteiger partial charge >= 0.3 is 12.1 Å². The summed E-state index contributed by atoms with van der Waals surface area (Å²) in [6.45, 7) is 5.78. The molecule has 3 aromatic rings. The van der Waals surface area contributed by atoms with Crippen molar-refractivity contribution in [3.8, 4) is 11.1 Å². The average Bonchev–Trinajstić information content (AvgIpc) is 3.72. The Kier molecular flexibility index (Phi) is 17.2. The molecule has 0 bridgehead atoms. The molecule has 0 radical (unpaired) electrons. The van der Waals surface area contributed by atoms with Gasteiger partial charge in [-0.3, -0.25) is 28.9 Å². The highest BCUT2D eigenvalue weighted by atomic mass is 19.4. The lowest BCUT2D eigenvalue weighted by Gasteiger charge is -2.41. The van der Waals surface area contributed by atoms with Gasteiger partial charge in [-0.2, -0.15) is 13.2 Å². The van der Waals surface area contributed by atoms with Gasteiger partial charge in [-0.1, -0.05) is 51.1 Å². The third-order valence-corrected chi connectivity index (χ3v) is 9.15. The van der Waals surface area contributed by atoms with Crippen molar-refractivity contribution in [3.63, 3.8) is 0 Å². The van der Waals surface area contributed by atoms with Crippen LogP contribution in [-0.4, -0.2) is 98.4 Å². The Hall–Kier alpha value is -5.75. The summed E-state index contributed by atoms with van der Waals surface area (Å²) >= 11 is 0. The fourth-order valence-electron chi connectivity index (χ4n) is 6.30. The molecule has 4 rings (SSSR count). The zero-order valence-electron chi connectivity index (χ0n) is 32.8. The molecular formula is C41H48F5N5O8. The van der Waals surface area contributed by atoms with Crippen LogP contribution < -0.4 is 11.1 Å². The first-order valence-electron chi connectivity index (χ1n) is 18.6. The molecule has 18 heteroatoms. The number of aromatic nitrogens is 1. The number of carbonyl (C=O) groups is 6. The van der Waals surface area contributed by atoms with E-state index in [1.165, 1.54) is 12.2 Å². The van der Waals surface area contributed by atoms with Gasteiger partial charge in [-0.05, 0) is 48.1 Å². The SMILES string of the molecule is CC(C)(C)[C@H](c1cc(-c2cc(F)ccc2F)cn1Cc1ccccc1)N(CC[C@H](N)CNC(=O)CCC(=O)CCCN1C(=O)C=CC1=O)C(=O)CO.O=C(O)C(F)(F)F. The number of imide groups is 1. The van der Waals surface area contributed by atoms with Gasteiger partial charge in [0.05, 0.1) is 6.04 Å². The molecule has 1 aromatic heterocycles. The van der Waals surface area contributed by atoms with E-state index in [1.807, 2.05) is 55.7 Å². The number of nitrogens with zero attached hydrogens (tertiary/aromatic N) is 3. The fraction of sp³-hybridized carbons (Fsp3) is 0.415. The molecule has 320 valence electrons.